The molecule has 0 bridgehead atoms. The van der Waals surface area contributed by atoms with E-state index in [0.29, 0.717) is 17.5 Å². The van der Waals surface area contributed by atoms with E-state index >= 15 is 0 Å². The first-order valence-corrected chi connectivity index (χ1v) is 14.1. The number of sulfonamides is 1. The zero-order valence-electron chi connectivity index (χ0n) is 20.4. The fourth-order valence-electron chi connectivity index (χ4n) is 3.58. The number of carbonyl (C=O) groups excluding carboxylic acids is 1. The van der Waals surface area contributed by atoms with E-state index in [1.807, 2.05) is 39.8 Å². The molecule has 3 rings (SSSR count). The van der Waals surface area contributed by atoms with Gasteiger partial charge in [-0.3, -0.25) is 4.57 Å². The Labute approximate surface area is 215 Å². The van der Waals surface area contributed by atoms with Gasteiger partial charge in [0.1, 0.15) is 5.82 Å². The maximum atomic E-state index is 12.1. The maximum Gasteiger partial charge on any atom is 0.515 e. The van der Waals surface area contributed by atoms with Crippen molar-refractivity contribution in [3.05, 3.63) is 59.9 Å². The largest absolute Gasteiger partial charge is 0.515 e. The Morgan fingerprint density at radius 3 is 2.56 bits per heavy atom. The molecule has 1 aromatic heterocycles. The second-order valence-electron chi connectivity index (χ2n) is 7.76. The van der Waals surface area contributed by atoms with Crippen molar-refractivity contribution in [2.45, 2.75) is 49.6 Å². The second-order valence-corrected chi connectivity index (χ2v) is 10.2. The average Bonchev–Trinajstić information content (AvgIpc) is 3.18. The first-order valence-electron chi connectivity index (χ1n) is 11.4. The molecule has 190 valence electrons. The average molecular weight is 529 g/mol. The van der Waals surface area contributed by atoms with Crippen LogP contribution >= 0.6 is 11.8 Å². The molecule has 0 saturated carbocycles. The zero-order chi connectivity index (χ0) is 26.1. The van der Waals surface area contributed by atoms with Crippen LogP contribution in [0.1, 0.15) is 38.1 Å². The number of carbonyl (C=O) groups is 1. The number of imidazole rings is 1. The van der Waals surface area contributed by atoms with Crippen molar-refractivity contribution in [2.75, 3.05) is 12.9 Å². The molecule has 11 heteroatoms. The Morgan fingerprint density at radius 1 is 1.17 bits per heavy atom. The van der Waals surface area contributed by atoms with Gasteiger partial charge < -0.3 is 9.47 Å². The van der Waals surface area contributed by atoms with Gasteiger partial charge in [-0.05, 0) is 54.5 Å². The van der Waals surface area contributed by atoms with Crippen molar-refractivity contribution >= 4 is 27.9 Å². The van der Waals surface area contributed by atoms with Crippen molar-refractivity contribution < 1.29 is 22.7 Å². The van der Waals surface area contributed by atoms with Crippen LogP contribution in [0.5, 0.6) is 5.88 Å². The summed E-state index contributed by atoms with van der Waals surface area (Å²) in [6.07, 6.45) is 5.23. The summed E-state index contributed by atoms with van der Waals surface area (Å²) in [6, 6.07) is 14.1. The van der Waals surface area contributed by atoms with Gasteiger partial charge in [0.25, 0.3) is 10.0 Å². The predicted molar refractivity (Wildman–Crippen MR) is 137 cm³/mol. The van der Waals surface area contributed by atoms with Gasteiger partial charge in [0, 0.05) is 6.42 Å². The third kappa shape index (κ3) is 6.59. The highest BCUT2D eigenvalue weighted by Gasteiger charge is 2.22. The van der Waals surface area contributed by atoms with E-state index < -0.39 is 16.2 Å². The molecule has 0 atom stereocenters. The molecular weight excluding hydrogens is 500 g/mol. The first kappa shape index (κ1) is 27.1. The van der Waals surface area contributed by atoms with Gasteiger partial charge in [-0.2, -0.15) is 5.26 Å². The number of thioether (sulfide) groups is 1. The number of unbranched alkanes of at least 4 members (excludes halogenated alkanes) is 1. The minimum Gasteiger partial charge on any atom is -0.434 e. The Bertz CT molecular complexity index is 1350. The van der Waals surface area contributed by atoms with E-state index in [-0.39, 0.29) is 11.5 Å². The molecule has 0 radical (unpaired) electrons. The lowest BCUT2D eigenvalue weighted by Crippen LogP contribution is -2.17. The summed E-state index contributed by atoms with van der Waals surface area (Å²) in [4.78, 5) is 16.8. The SMILES string of the molecule is CCCCc1nc(SC)c(OC(=O)OCC)n1Cc1cccc(-c2ccc(S(=O)(=O)NC#N)cc2)c1. The van der Waals surface area contributed by atoms with Crippen LogP contribution in [0.4, 0.5) is 4.79 Å². The molecule has 2 aromatic carbocycles. The van der Waals surface area contributed by atoms with Gasteiger partial charge in [0.2, 0.25) is 5.88 Å². The van der Waals surface area contributed by atoms with Crippen LogP contribution in [-0.4, -0.2) is 37.0 Å². The van der Waals surface area contributed by atoms with E-state index in [9.17, 15) is 13.2 Å². The van der Waals surface area contributed by atoms with Crippen LogP contribution in [0.2, 0.25) is 0 Å². The second kappa shape index (κ2) is 12.5. The number of aryl methyl sites for hydroxylation is 1. The van der Waals surface area contributed by atoms with Crippen molar-refractivity contribution in [1.82, 2.24) is 14.3 Å². The highest BCUT2D eigenvalue weighted by Crippen LogP contribution is 2.31. The van der Waals surface area contributed by atoms with E-state index in [1.165, 1.54) is 30.1 Å². The number of aromatic nitrogens is 2. The molecule has 36 heavy (non-hydrogen) atoms. The lowest BCUT2D eigenvalue weighted by Gasteiger charge is -2.13. The highest BCUT2D eigenvalue weighted by molar-refractivity contribution is 7.98. The molecule has 0 fully saturated rings. The van der Waals surface area contributed by atoms with E-state index in [4.69, 9.17) is 19.7 Å². The number of hydrogen-bond donors (Lipinski definition) is 1. The lowest BCUT2D eigenvalue weighted by atomic mass is 10.0. The van der Waals surface area contributed by atoms with E-state index in [1.54, 1.807) is 19.1 Å². The minimum absolute atomic E-state index is 0.00767. The topological polar surface area (TPSA) is 123 Å². The normalized spacial score (nSPS) is 11.1. The summed E-state index contributed by atoms with van der Waals surface area (Å²) in [5, 5.41) is 9.26. The number of rotatable bonds is 11. The summed E-state index contributed by atoms with van der Waals surface area (Å²) in [5.74, 6) is 1.18. The maximum absolute atomic E-state index is 12.1. The monoisotopic (exact) mass is 528 g/mol. The Morgan fingerprint density at radius 2 is 1.92 bits per heavy atom. The lowest BCUT2D eigenvalue weighted by molar-refractivity contribution is 0.0998. The van der Waals surface area contributed by atoms with Crippen LogP contribution in [0.15, 0.2) is 58.5 Å². The van der Waals surface area contributed by atoms with E-state index in [2.05, 4.69) is 6.92 Å². The van der Waals surface area contributed by atoms with Crippen molar-refractivity contribution in [2.24, 2.45) is 0 Å². The molecule has 1 heterocycles. The molecule has 1 N–H and O–H groups in total. The number of nitriles is 1. The van der Waals surface area contributed by atoms with Gasteiger partial charge in [-0.1, -0.05) is 43.7 Å². The van der Waals surface area contributed by atoms with Gasteiger partial charge in [0.15, 0.2) is 11.2 Å². The zero-order valence-corrected chi connectivity index (χ0v) is 22.0. The molecule has 0 saturated heterocycles. The molecule has 3 aromatic rings. The third-order valence-corrected chi connectivity index (χ3v) is 7.21. The molecule has 0 aliphatic rings. The minimum atomic E-state index is -3.86. The van der Waals surface area contributed by atoms with Crippen LogP contribution in [0.25, 0.3) is 11.1 Å². The smallest absolute Gasteiger partial charge is 0.434 e. The summed E-state index contributed by atoms with van der Waals surface area (Å²) in [5.41, 5.74) is 2.65. The molecule has 0 aliphatic carbocycles. The fourth-order valence-corrected chi connectivity index (χ4v) is 4.84. The molecule has 0 aliphatic heterocycles. The first-order chi connectivity index (χ1) is 17.3. The Kier molecular flexibility index (Phi) is 9.38. The van der Waals surface area contributed by atoms with Crippen molar-refractivity contribution in [1.29, 1.82) is 5.26 Å². The van der Waals surface area contributed by atoms with Crippen LogP contribution < -0.4 is 9.46 Å². The van der Waals surface area contributed by atoms with Crippen LogP contribution in [0.3, 0.4) is 0 Å². The van der Waals surface area contributed by atoms with Crippen molar-refractivity contribution in [3.63, 3.8) is 0 Å². The molecule has 0 unspecified atom stereocenters. The van der Waals surface area contributed by atoms with Gasteiger partial charge in [-0.15, -0.1) is 11.8 Å². The Hall–Kier alpha value is -3.49. The molecule has 0 spiro atoms. The Balaban J connectivity index is 1.94. The number of hydrogen-bond acceptors (Lipinski definition) is 8. The summed E-state index contributed by atoms with van der Waals surface area (Å²) in [6.45, 7) is 4.45. The van der Waals surface area contributed by atoms with Gasteiger partial charge >= 0.3 is 6.16 Å². The molecule has 0 amide bonds. The van der Waals surface area contributed by atoms with Crippen LogP contribution in [0, 0.1) is 11.5 Å². The summed E-state index contributed by atoms with van der Waals surface area (Å²) >= 11 is 1.40. The number of nitrogens with one attached hydrogen (secondary N) is 1. The molecule has 9 nitrogen and oxygen atoms in total. The highest BCUT2D eigenvalue weighted by atomic mass is 32.2. The number of nitrogens with zero attached hydrogens (tertiary/aromatic N) is 3. The number of ether oxygens (including phenoxy) is 2. The quantitative estimate of drug-likeness (QED) is 0.160. The van der Waals surface area contributed by atoms with Gasteiger partial charge in [-0.25, -0.2) is 22.9 Å². The third-order valence-electron chi connectivity index (χ3n) is 5.31. The summed E-state index contributed by atoms with van der Waals surface area (Å²) < 4.78 is 38.3. The fraction of sp³-hybridized carbons (Fsp3) is 0.320. The van der Waals surface area contributed by atoms with Crippen LogP contribution in [-0.2, 0) is 27.7 Å². The summed E-state index contributed by atoms with van der Waals surface area (Å²) in [7, 11) is -3.86. The number of benzene rings is 2. The van der Waals surface area contributed by atoms with Gasteiger partial charge in [0.05, 0.1) is 18.0 Å². The van der Waals surface area contributed by atoms with Crippen molar-refractivity contribution in [3.8, 4) is 23.2 Å². The predicted octanol–water partition coefficient (Wildman–Crippen LogP) is 4.96. The standard InChI is InChI=1S/C25H28N4O5S2/c1-4-6-10-22-28-23(35-3)24(34-25(30)33-5-2)29(22)16-18-8-7-9-20(15-18)19-11-13-21(14-12-19)36(31,32)27-17-26/h7-9,11-15,27H,4-6,10,16H2,1-3H3. The molecular formula is C25H28N4O5S2. The van der Waals surface area contributed by atoms with E-state index in [0.717, 1.165) is 41.8 Å².